The number of ether oxygens (including phenoxy) is 1. The highest BCUT2D eigenvalue weighted by Crippen LogP contribution is 2.24. The second kappa shape index (κ2) is 10.5. The van der Waals surface area contributed by atoms with Crippen molar-refractivity contribution in [3.8, 4) is 5.75 Å². The minimum absolute atomic E-state index is 0.0572. The number of anilines is 2. The summed E-state index contributed by atoms with van der Waals surface area (Å²) in [6.45, 7) is 0.389. The van der Waals surface area contributed by atoms with Gasteiger partial charge in [0, 0.05) is 17.1 Å². The van der Waals surface area contributed by atoms with E-state index in [2.05, 4.69) is 10.0 Å². The molecular formula is C22H20Cl2N2O4S. The van der Waals surface area contributed by atoms with E-state index >= 15 is 0 Å². The van der Waals surface area contributed by atoms with Crippen molar-refractivity contribution in [2.75, 3.05) is 16.6 Å². The Morgan fingerprint density at radius 1 is 0.903 bits per heavy atom. The number of hydrogen-bond donors (Lipinski definition) is 2. The molecule has 0 saturated heterocycles. The van der Waals surface area contributed by atoms with Crippen molar-refractivity contribution < 1.29 is 17.9 Å². The zero-order valence-electron chi connectivity index (χ0n) is 16.3. The molecule has 0 unspecified atom stereocenters. The number of carbonyl (C=O) groups excluding carboxylic acids is 1. The van der Waals surface area contributed by atoms with Crippen LogP contribution < -0.4 is 14.8 Å². The van der Waals surface area contributed by atoms with Crippen molar-refractivity contribution in [1.82, 2.24) is 0 Å². The minimum atomic E-state index is -3.80. The summed E-state index contributed by atoms with van der Waals surface area (Å²) < 4.78 is 33.0. The second-order valence-corrected chi connectivity index (χ2v) is 9.09. The molecule has 0 spiro atoms. The number of amides is 1. The van der Waals surface area contributed by atoms with E-state index in [1.807, 2.05) is 0 Å². The van der Waals surface area contributed by atoms with Gasteiger partial charge < -0.3 is 10.1 Å². The van der Waals surface area contributed by atoms with Crippen molar-refractivity contribution in [1.29, 1.82) is 0 Å². The van der Waals surface area contributed by atoms with Crippen LogP contribution in [0.5, 0.6) is 5.75 Å². The van der Waals surface area contributed by atoms with Crippen LogP contribution in [-0.2, 0) is 14.8 Å². The first-order valence-electron chi connectivity index (χ1n) is 9.39. The van der Waals surface area contributed by atoms with Crippen LogP contribution in [0.15, 0.2) is 77.7 Å². The summed E-state index contributed by atoms with van der Waals surface area (Å²) in [6, 6.07) is 19.4. The smallest absolute Gasteiger partial charge is 0.261 e. The number of nitrogens with one attached hydrogen (secondary N) is 2. The van der Waals surface area contributed by atoms with Crippen LogP contribution in [0, 0.1) is 0 Å². The molecule has 0 fully saturated rings. The zero-order valence-corrected chi connectivity index (χ0v) is 18.7. The molecule has 162 valence electrons. The number of benzene rings is 3. The average molecular weight is 479 g/mol. The molecular weight excluding hydrogens is 459 g/mol. The highest BCUT2D eigenvalue weighted by Gasteiger charge is 2.15. The molecule has 9 heteroatoms. The lowest BCUT2D eigenvalue weighted by Gasteiger charge is -2.11. The normalized spacial score (nSPS) is 11.0. The van der Waals surface area contributed by atoms with Crippen LogP contribution in [0.1, 0.15) is 12.8 Å². The van der Waals surface area contributed by atoms with Crippen LogP contribution in [0.2, 0.25) is 10.0 Å². The molecule has 0 heterocycles. The van der Waals surface area contributed by atoms with E-state index in [4.69, 9.17) is 27.9 Å². The Hall–Kier alpha value is -2.74. The van der Waals surface area contributed by atoms with Gasteiger partial charge in [-0.1, -0.05) is 35.3 Å². The first kappa shape index (κ1) is 22.9. The first-order valence-corrected chi connectivity index (χ1v) is 11.6. The molecule has 0 aromatic heterocycles. The van der Waals surface area contributed by atoms with Gasteiger partial charge >= 0.3 is 0 Å². The van der Waals surface area contributed by atoms with Gasteiger partial charge in [-0.25, -0.2) is 8.42 Å². The van der Waals surface area contributed by atoms with Crippen LogP contribution >= 0.6 is 23.2 Å². The second-order valence-electron chi connectivity index (χ2n) is 6.56. The highest BCUT2D eigenvalue weighted by atomic mass is 35.5. The van der Waals surface area contributed by atoms with Gasteiger partial charge in [-0.15, -0.1) is 0 Å². The molecule has 0 aliphatic heterocycles. The lowest BCUT2D eigenvalue weighted by molar-refractivity contribution is -0.116. The maximum atomic E-state index is 12.5. The predicted molar refractivity (Wildman–Crippen MR) is 124 cm³/mol. The standard InChI is InChI=1S/C22H20Cl2N2O4S/c23-16-7-11-18(12-8-16)30-15-3-6-22(27)25-17-9-13-19(14-10-17)31(28,29)26-21-5-2-1-4-20(21)24/h1-2,4-5,7-14,26H,3,6,15H2,(H,25,27). The largest absolute Gasteiger partial charge is 0.494 e. The summed E-state index contributed by atoms with van der Waals surface area (Å²) >= 11 is 11.8. The Morgan fingerprint density at radius 3 is 2.26 bits per heavy atom. The summed E-state index contributed by atoms with van der Waals surface area (Å²) in [4.78, 5) is 12.2. The Kier molecular flexibility index (Phi) is 7.79. The fourth-order valence-electron chi connectivity index (χ4n) is 2.64. The predicted octanol–water partition coefficient (Wildman–Crippen LogP) is 5.59. The fourth-order valence-corrected chi connectivity index (χ4v) is 4.09. The maximum Gasteiger partial charge on any atom is 0.261 e. The van der Waals surface area contributed by atoms with Gasteiger partial charge in [-0.2, -0.15) is 0 Å². The number of halogens is 2. The molecule has 0 saturated carbocycles. The lowest BCUT2D eigenvalue weighted by atomic mass is 10.2. The maximum absolute atomic E-state index is 12.5. The SMILES string of the molecule is O=C(CCCOc1ccc(Cl)cc1)Nc1ccc(S(=O)(=O)Nc2ccccc2Cl)cc1. The molecule has 3 aromatic carbocycles. The van der Waals surface area contributed by atoms with Gasteiger partial charge in [0.2, 0.25) is 5.91 Å². The van der Waals surface area contributed by atoms with Crippen LogP contribution in [0.4, 0.5) is 11.4 Å². The average Bonchev–Trinajstić information content (AvgIpc) is 2.74. The summed E-state index contributed by atoms with van der Waals surface area (Å²) in [5.74, 6) is 0.497. The van der Waals surface area contributed by atoms with E-state index in [1.165, 1.54) is 24.3 Å². The van der Waals surface area contributed by atoms with Crippen LogP contribution in [0.3, 0.4) is 0 Å². The third kappa shape index (κ3) is 6.89. The molecule has 0 bridgehead atoms. The number of carbonyl (C=O) groups is 1. The first-order chi connectivity index (χ1) is 14.8. The van der Waals surface area contributed by atoms with E-state index < -0.39 is 10.0 Å². The summed E-state index contributed by atoms with van der Waals surface area (Å²) in [5, 5.41) is 3.67. The Bertz CT molecular complexity index is 1130. The highest BCUT2D eigenvalue weighted by molar-refractivity contribution is 7.92. The van der Waals surface area contributed by atoms with Crippen molar-refractivity contribution in [3.05, 3.63) is 82.8 Å². The lowest BCUT2D eigenvalue weighted by Crippen LogP contribution is -2.14. The molecule has 0 radical (unpaired) electrons. The van der Waals surface area contributed by atoms with Gasteiger partial charge in [0.15, 0.2) is 0 Å². The summed E-state index contributed by atoms with van der Waals surface area (Å²) in [7, 11) is -3.80. The Labute approximate surface area is 191 Å². The van der Waals surface area contributed by atoms with E-state index in [0.717, 1.165) is 0 Å². The fraction of sp³-hybridized carbons (Fsp3) is 0.136. The monoisotopic (exact) mass is 478 g/mol. The van der Waals surface area contributed by atoms with Crippen molar-refractivity contribution in [2.45, 2.75) is 17.7 Å². The molecule has 0 aliphatic rings. The molecule has 0 aliphatic carbocycles. The molecule has 3 rings (SSSR count). The van der Waals surface area contributed by atoms with E-state index in [9.17, 15) is 13.2 Å². The summed E-state index contributed by atoms with van der Waals surface area (Å²) in [6.07, 6.45) is 0.796. The van der Waals surface area contributed by atoms with E-state index in [-0.39, 0.29) is 17.2 Å². The summed E-state index contributed by atoms with van der Waals surface area (Å²) in [5.41, 5.74) is 0.794. The molecule has 3 aromatic rings. The topological polar surface area (TPSA) is 84.5 Å². The van der Waals surface area contributed by atoms with Crippen molar-refractivity contribution >= 4 is 50.5 Å². The number of sulfonamides is 1. The van der Waals surface area contributed by atoms with Crippen LogP contribution in [0.25, 0.3) is 0 Å². The van der Waals surface area contributed by atoms with Gasteiger partial charge in [-0.3, -0.25) is 9.52 Å². The van der Waals surface area contributed by atoms with Gasteiger partial charge in [0.1, 0.15) is 5.75 Å². The molecule has 0 atom stereocenters. The van der Waals surface area contributed by atoms with Gasteiger partial charge in [0.05, 0.1) is 22.2 Å². The molecule has 6 nitrogen and oxygen atoms in total. The van der Waals surface area contributed by atoms with E-state index in [0.29, 0.717) is 40.2 Å². The van der Waals surface area contributed by atoms with Crippen LogP contribution in [-0.4, -0.2) is 20.9 Å². The number of hydrogen-bond acceptors (Lipinski definition) is 4. The quantitative estimate of drug-likeness (QED) is 0.392. The molecule has 31 heavy (non-hydrogen) atoms. The van der Waals surface area contributed by atoms with Crippen molar-refractivity contribution in [3.63, 3.8) is 0 Å². The van der Waals surface area contributed by atoms with E-state index in [1.54, 1.807) is 48.5 Å². The number of para-hydroxylation sites is 1. The Balaban J connectivity index is 1.48. The third-order valence-electron chi connectivity index (χ3n) is 4.20. The Morgan fingerprint density at radius 2 is 1.58 bits per heavy atom. The zero-order chi connectivity index (χ0) is 22.3. The van der Waals surface area contributed by atoms with Gasteiger partial charge in [0.25, 0.3) is 10.0 Å². The molecule has 2 N–H and O–H groups in total. The molecule has 1 amide bonds. The third-order valence-corrected chi connectivity index (χ3v) is 6.16. The number of rotatable bonds is 9. The van der Waals surface area contributed by atoms with Crippen molar-refractivity contribution in [2.24, 2.45) is 0 Å². The minimum Gasteiger partial charge on any atom is -0.494 e. The van der Waals surface area contributed by atoms with Gasteiger partial charge in [-0.05, 0) is 67.1 Å².